The first-order chi connectivity index (χ1) is 9.63. The second kappa shape index (κ2) is 6.10. The van der Waals surface area contributed by atoms with Crippen LogP contribution in [0.4, 0.5) is 4.39 Å². The highest BCUT2D eigenvalue weighted by Gasteiger charge is 2.15. The number of ether oxygens (including phenoxy) is 1. The Morgan fingerprint density at radius 2 is 2.30 bits per heavy atom. The van der Waals surface area contributed by atoms with Gasteiger partial charge in [-0.15, -0.1) is 0 Å². The molecule has 0 radical (unpaired) electrons. The molecule has 2 heterocycles. The number of nitrogens with zero attached hydrogens (tertiary/aromatic N) is 2. The summed E-state index contributed by atoms with van der Waals surface area (Å²) in [5, 5.41) is 0. The summed E-state index contributed by atoms with van der Waals surface area (Å²) in [4.78, 5) is 26.1. The van der Waals surface area contributed by atoms with Crippen molar-refractivity contribution in [3.05, 3.63) is 53.4 Å². The molecule has 0 aliphatic heterocycles. The highest BCUT2D eigenvalue weighted by molar-refractivity contribution is 5.90. The van der Waals surface area contributed by atoms with Gasteiger partial charge in [0.05, 0.1) is 6.61 Å². The zero-order valence-corrected chi connectivity index (χ0v) is 10.9. The third-order valence-electron chi connectivity index (χ3n) is 2.68. The summed E-state index contributed by atoms with van der Waals surface area (Å²) in [5.74, 6) is -1.11. The maximum absolute atomic E-state index is 13.1. The molecule has 0 aliphatic rings. The first-order valence-electron chi connectivity index (χ1n) is 6.07. The fraction of sp³-hybridized carbons (Fsp3) is 0.214. The predicted octanol–water partition coefficient (Wildman–Crippen LogP) is 2.06. The van der Waals surface area contributed by atoms with E-state index in [9.17, 15) is 14.0 Å². The van der Waals surface area contributed by atoms with E-state index in [4.69, 9.17) is 4.74 Å². The van der Waals surface area contributed by atoms with Gasteiger partial charge in [0.1, 0.15) is 5.69 Å². The van der Waals surface area contributed by atoms with Crippen molar-refractivity contribution in [1.82, 2.24) is 9.55 Å². The van der Waals surface area contributed by atoms with Gasteiger partial charge in [-0.3, -0.25) is 4.79 Å². The van der Waals surface area contributed by atoms with Gasteiger partial charge < -0.3 is 9.30 Å². The minimum atomic E-state index is -0.594. The van der Waals surface area contributed by atoms with E-state index in [0.717, 1.165) is 0 Å². The first-order valence-corrected chi connectivity index (χ1v) is 6.07. The second-order valence-electron chi connectivity index (χ2n) is 4.11. The van der Waals surface area contributed by atoms with Gasteiger partial charge in [0.2, 0.25) is 5.95 Å². The molecule has 2 rings (SSSR count). The van der Waals surface area contributed by atoms with E-state index in [1.165, 1.54) is 24.5 Å². The molecule has 0 spiro atoms. The van der Waals surface area contributed by atoms with Gasteiger partial charge in [-0.2, -0.15) is 4.39 Å². The molecule has 0 fully saturated rings. The quantitative estimate of drug-likeness (QED) is 0.476. The third-order valence-corrected chi connectivity index (χ3v) is 2.68. The SMILES string of the molecule is CCOC(=O)c1cc(C=O)cn1Cc1ccnc(F)c1. The van der Waals surface area contributed by atoms with E-state index >= 15 is 0 Å². The normalized spacial score (nSPS) is 10.3. The summed E-state index contributed by atoms with van der Waals surface area (Å²) in [7, 11) is 0. The molecule has 0 atom stereocenters. The van der Waals surface area contributed by atoms with Crippen LogP contribution in [0.5, 0.6) is 0 Å². The molecule has 0 bridgehead atoms. The standard InChI is InChI=1S/C14H13FN2O3/c1-2-20-14(19)12-5-11(9-18)8-17(12)7-10-3-4-16-13(15)6-10/h3-6,8-9H,2,7H2,1H3. The predicted molar refractivity (Wildman–Crippen MR) is 69.1 cm³/mol. The van der Waals surface area contributed by atoms with Gasteiger partial charge >= 0.3 is 5.97 Å². The van der Waals surface area contributed by atoms with Crippen LogP contribution in [0.2, 0.25) is 0 Å². The van der Waals surface area contributed by atoms with Crippen molar-refractivity contribution in [3.8, 4) is 0 Å². The number of hydrogen-bond donors (Lipinski definition) is 0. The van der Waals surface area contributed by atoms with Crippen LogP contribution in [-0.4, -0.2) is 28.4 Å². The van der Waals surface area contributed by atoms with E-state index in [2.05, 4.69) is 4.98 Å². The molecule has 0 saturated heterocycles. The number of carbonyl (C=O) groups is 2. The topological polar surface area (TPSA) is 61.2 Å². The summed E-state index contributed by atoms with van der Waals surface area (Å²) in [6.07, 6.45) is 3.52. The average molecular weight is 276 g/mol. The minimum Gasteiger partial charge on any atom is -0.461 e. The van der Waals surface area contributed by atoms with Crippen LogP contribution < -0.4 is 0 Å². The molecule has 0 unspecified atom stereocenters. The minimum absolute atomic E-state index is 0.240. The smallest absolute Gasteiger partial charge is 0.354 e. The van der Waals surface area contributed by atoms with Crippen molar-refractivity contribution in [2.75, 3.05) is 6.61 Å². The molecule has 0 N–H and O–H groups in total. The molecule has 20 heavy (non-hydrogen) atoms. The Labute approximate surface area is 115 Å². The van der Waals surface area contributed by atoms with Crippen LogP contribution in [0.3, 0.4) is 0 Å². The maximum atomic E-state index is 13.1. The number of rotatable bonds is 5. The van der Waals surface area contributed by atoms with E-state index in [1.807, 2.05) is 0 Å². The summed E-state index contributed by atoms with van der Waals surface area (Å²) in [5.41, 5.74) is 1.25. The molecule has 0 saturated carbocycles. The Morgan fingerprint density at radius 3 is 2.95 bits per heavy atom. The number of carbonyl (C=O) groups excluding carboxylic acids is 2. The van der Waals surface area contributed by atoms with Crippen molar-refractivity contribution in [3.63, 3.8) is 0 Å². The highest BCUT2D eigenvalue weighted by Crippen LogP contribution is 2.12. The molecule has 0 aromatic carbocycles. The molecule has 2 aromatic rings. The molecule has 5 nitrogen and oxygen atoms in total. The first kappa shape index (κ1) is 13.9. The summed E-state index contributed by atoms with van der Waals surface area (Å²) >= 11 is 0. The Morgan fingerprint density at radius 1 is 1.50 bits per heavy atom. The number of aromatic nitrogens is 2. The summed E-state index contributed by atoms with van der Waals surface area (Å²) < 4.78 is 19.5. The number of hydrogen-bond acceptors (Lipinski definition) is 4. The zero-order valence-electron chi connectivity index (χ0n) is 10.9. The number of aldehydes is 1. The maximum Gasteiger partial charge on any atom is 0.354 e. The molecule has 0 amide bonds. The van der Waals surface area contributed by atoms with Gasteiger partial charge in [0.25, 0.3) is 0 Å². The van der Waals surface area contributed by atoms with Gasteiger partial charge in [-0.05, 0) is 30.7 Å². The van der Waals surface area contributed by atoms with Crippen molar-refractivity contribution in [2.45, 2.75) is 13.5 Å². The molecule has 104 valence electrons. The molecule has 2 aromatic heterocycles. The van der Waals surface area contributed by atoms with Crippen molar-refractivity contribution < 1.29 is 18.7 Å². The van der Waals surface area contributed by atoms with Crippen molar-refractivity contribution >= 4 is 12.3 Å². The zero-order chi connectivity index (χ0) is 14.5. The largest absolute Gasteiger partial charge is 0.461 e. The number of esters is 1. The fourth-order valence-corrected chi connectivity index (χ4v) is 1.84. The van der Waals surface area contributed by atoms with Crippen molar-refractivity contribution in [1.29, 1.82) is 0 Å². The monoisotopic (exact) mass is 276 g/mol. The number of halogens is 1. The third kappa shape index (κ3) is 3.09. The lowest BCUT2D eigenvalue weighted by molar-refractivity contribution is 0.0514. The van der Waals surface area contributed by atoms with Crippen molar-refractivity contribution in [2.24, 2.45) is 0 Å². The van der Waals surface area contributed by atoms with Gasteiger partial charge in [-0.1, -0.05) is 0 Å². The molecule has 6 heteroatoms. The van der Waals surface area contributed by atoms with E-state index < -0.39 is 11.9 Å². The lowest BCUT2D eigenvalue weighted by Gasteiger charge is -2.08. The summed E-state index contributed by atoms with van der Waals surface area (Å²) in [6, 6.07) is 4.36. The highest BCUT2D eigenvalue weighted by atomic mass is 19.1. The molecular formula is C14H13FN2O3. The second-order valence-corrected chi connectivity index (χ2v) is 4.11. The van der Waals surface area contributed by atoms with Crippen LogP contribution in [0.1, 0.15) is 33.3 Å². The molecule has 0 aliphatic carbocycles. The lowest BCUT2D eigenvalue weighted by atomic mass is 10.2. The molecular weight excluding hydrogens is 263 g/mol. The fourth-order valence-electron chi connectivity index (χ4n) is 1.84. The van der Waals surface area contributed by atoms with E-state index in [-0.39, 0.29) is 18.8 Å². The average Bonchev–Trinajstić information content (AvgIpc) is 2.82. The van der Waals surface area contributed by atoms with Gasteiger partial charge in [0, 0.05) is 24.5 Å². The Bertz CT molecular complexity index is 637. The van der Waals surface area contributed by atoms with Crippen LogP contribution in [-0.2, 0) is 11.3 Å². The van der Waals surface area contributed by atoms with E-state index in [0.29, 0.717) is 17.4 Å². The van der Waals surface area contributed by atoms with Crippen LogP contribution in [0.25, 0.3) is 0 Å². The Balaban J connectivity index is 2.32. The van der Waals surface area contributed by atoms with Gasteiger partial charge in [0.15, 0.2) is 6.29 Å². The van der Waals surface area contributed by atoms with Crippen LogP contribution >= 0.6 is 0 Å². The lowest BCUT2D eigenvalue weighted by Crippen LogP contribution is -2.12. The van der Waals surface area contributed by atoms with Gasteiger partial charge in [-0.25, -0.2) is 9.78 Å². The van der Waals surface area contributed by atoms with E-state index in [1.54, 1.807) is 17.6 Å². The summed E-state index contributed by atoms with van der Waals surface area (Å²) in [6.45, 7) is 2.19. The Hall–Kier alpha value is -2.50. The Kier molecular flexibility index (Phi) is 4.24. The van der Waals surface area contributed by atoms with Crippen LogP contribution in [0, 0.1) is 5.95 Å². The van der Waals surface area contributed by atoms with Crippen LogP contribution in [0.15, 0.2) is 30.6 Å². The number of pyridine rings is 1.